The lowest BCUT2D eigenvalue weighted by molar-refractivity contribution is 1.22. The molecule has 4 heteroatoms. The molecule has 0 aliphatic carbocycles. The van der Waals surface area contributed by atoms with E-state index in [2.05, 4.69) is 47.6 Å². The summed E-state index contributed by atoms with van der Waals surface area (Å²) < 4.78 is 0. The van der Waals surface area contributed by atoms with Crippen LogP contribution < -0.4 is 5.43 Å². The molecule has 0 amide bonds. The predicted octanol–water partition coefficient (Wildman–Crippen LogP) is 3.51. The normalized spacial score (nSPS) is 11.0. The van der Waals surface area contributed by atoms with Gasteiger partial charge in [-0.25, -0.2) is 4.98 Å². The van der Waals surface area contributed by atoms with Crippen molar-refractivity contribution in [3.05, 3.63) is 46.0 Å². The first-order valence-electron chi connectivity index (χ1n) is 5.43. The second kappa shape index (κ2) is 5.10. The predicted molar refractivity (Wildman–Crippen MR) is 74.0 cm³/mol. The highest BCUT2D eigenvalue weighted by atomic mass is 32.1. The quantitative estimate of drug-likeness (QED) is 0.663. The van der Waals surface area contributed by atoms with E-state index in [-0.39, 0.29) is 0 Å². The molecule has 3 nitrogen and oxygen atoms in total. The summed E-state index contributed by atoms with van der Waals surface area (Å²) in [5.74, 6) is 0. The van der Waals surface area contributed by atoms with Crippen LogP contribution in [0.15, 0.2) is 28.7 Å². The van der Waals surface area contributed by atoms with Crippen molar-refractivity contribution < 1.29 is 0 Å². The SMILES string of the molecule is Cc1cc(C)cc(C=NNc2nc(C)cs2)c1. The van der Waals surface area contributed by atoms with Gasteiger partial charge in [0, 0.05) is 5.38 Å². The van der Waals surface area contributed by atoms with Crippen LogP contribution in [0.25, 0.3) is 0 Å². The molecular weight excluding hydrogens is 230 g/mol. The van der Waals surface area contributed by atoms with Gasteiger partial charge in [0.15, 0.2) is 0 Å². The zero-order chi connectivity index (χ0) is 12.3. The number of nitrogens with zero attached hydrogens (tertiary/aromatic N) is 2. The molecule has 0 saturated heterocycles. The molecule has 0 spiro atoms. The Balaban J connectivity index is 2.05. The van der Waals surface area contributed by atoms with Gasteiger partial charge in [0.05, 0.1) is 11.9 Å². The Bertz CT molecular complexity index is 523. The van der Waals surface area contributed by atoms with Crippen LogP contribution in [-0.2, 0) is 0 Å². The number of aryl methyl sites for hydroxylation is 3. The van der Waals surface area contributed by atoms with Gasteiger partial charge in [-0.1, -0.05) is 29.3 Å². The van der Waals surface area contributed by atoms with Crippen molar-refractivity contribution >= 4 is 22.7 Å². The monoisotopic (exact) mass is 245 g/mol. The van der Waals surface area contributed by atoms with Gasteiger partial charge in [-0.2, -0.15) is 5.10 Å². The lowest BCUT2D eigenvalue weighted by Crippen LogP contribution is -1.91. The van der Waals surface area contributed by atoms with Gasteiger partial charge in [-0.15, -0.1) is 11.3 Å². The first-order valence-corrected chi connectivity index (χ1v) is 6.31. The molecule has 0 unspecified atom stereocenters. The van der Waals surface area contributed by atoms with Crippen molar-refractivity contribution in [1.82, 2.24) is 4.98 Å². The summed E-state index contributed by atoms with van der Waals surface area (Å²) in [5.41, 5.74) is 7.54. The van der Waals surface area contributed by atoms with Crippen LogP contribution in [-0.4, -0.2) is 11.2 Å². The third-order valence-electron chi connectivity index (χ3n) is 2.24. The number of nitrogens with one attached hydrogen (secondary N) is 1. The van der Waals surface area contributed by atoms with E-state index >= 15 is 0 Å². The smallest absolute Gasteiger partial charge is 0.203 e. The minimum atomic E-state index is 0.822. The van der Waals surface area contributed by atoms with E-state index in [1.807, 2.05) is 18.5 Å². The number of hydrogen-bond donors (Lipinski definition) is 1. The average molecular weight is 245 g/mol. The summed E-state index contributed by atoms with van der Waals surface area (Å²) in [6.07, 6.45) is 1.82. The molecule has 0 saturated carbocycles. The highest BCUT2D eigenvalue weighted by Crippen LogP contribution is 2.14. The molecule has 0 atom stereocenters. The van der Waals surface area contributed by atoms with Crippen LogP contribution >= 0.6 is 11.3 Å². The van der Waals surface area contributed by atoms with E-state index in [1.165, 1.54) is 11.1 Å². The molecule has 1 N–H and O–H groups in total. The fraction of sp³-hybridized carbons (Fsp3) is 0.231. The standard InChI is InChI=1S/C13H15N3S/c1-9-4-10(2)6-12(5-9)7-14-16-13-15-11(3)8-17-13/h4-8H,1-3H3,(H,15,16). The highest BCUT2D eigenvalue weighted by molar-refractivity contribution is 7.13. The molecule has 0 fully saturated rings. The number of anilines is 1. The summed E-state index contributed by atoms with van der Waals surface area (Å²) in [4.78, 5) is 4.27. The van der Waals surface area contributed by atoms with E-state index in [1.54, 1.807) is 11.3 Å². The van der Waals surface area contributed by atoms with Gasteiger partial charge in [0.1, 0.15) is 0 Å². The van der Waals surface area contributed by atoms with E-state index in [9.17, 15) is 0 Å². The zero-order valence-electron chi connectivity index (χ0n) is 10.2. The molecule has 88 valence electrons. The number of benzene rings is 1. The van der Waals surface area contributed by atoms with Gasteiger partial charge >= 0.3 is 0 Å². The van der Waals surface area contributed by atoms with E-state index in [0.717, 1.165) is 16.4 Å². The molecule has 1 aromatic carbocycles. The Morgan fingerprint density at radius 3 is 2.47 bits per heavy atom. The minimum Gasteiger partial charge on any atom is -0.253 e. The average Bonchev–Trinajstić information content (AvgIpc) is 2.63. The van der Waals surface area contributed by atoms with Gasteiger partial charge in [0.25, 0.3) is 0 Å². The fourth-order valence-corrected chi connectivity index (χ4v) is 2.29. The van der Waals surface area contributed by atoms with Crippen LogP contribution in [0.3, 0.4) is 0 Å². The maximum Gasteiger partial charge on any atom is 0.203 e. The van der Waals surface area contributed by atoms with Gasteiger partial charge in [0.2, 0.25) is 5.13 Å². The second-order valence-electron chi connectivity index (χ2n) is 4.09. The van der Waals surface area contributed by atoms with Crippen molar-refractivity contribution in [2.45, 2.75) is 20.8 Å². The Hall–Kier alpha value is -1.68. The second-order valence-corrected chi connectivity index (χ2v) is 4.94. The van der Waals surface area contributed by atoms with E-state index in [0.29, 0.717) is 0 Å². The van der Waals surface area contributed by atoms with Crippen molar-refractivity contribution in [1.29, 1.82) is 0 Å². The maximum absolute atomic E-state index is 4.27. The van der Waals surface area contributed by atoms with Gasteiger partial charge < -0.3 is 0 Å². The molecule has 17 heavy (non-hydrogen) atoms. The number of rotatable bonds is 3. The van der Waals surface area contributed by atoms with Crippen molar-refractivity contribution in [3.8, 4) is 0 Å². The lowest BCUT2D eigenvalue weighted by atomic mass is 10.1. The molecule has 0 aliphatic rings. The summed E-state index contributed by atoms with van der Waals surface area (Å²) in [6, 6.07) is 6.35. The first kappa shape index (κ1) is 11.8. The Morgan fingerprint density at radius 2 is 1.88 bits per heavy atom. The van der Waals surface area contributed by atoms with Crippen LogP contribution in [0.1, 0.15) is 22.4 Å². The summed E-state index contributed by atoms with van der Waals surface area (Å²) in [7, 11) is 0. The third kappa shape index (κ3) is 3.39. The summed E-state index contributed by atoms with van der Waals surface area (Å²) in [6.45, 7) is 6.14. The van der Waals surface area contributed by atoms with Crippen molar-refractivity contribution in [3.63, 3.8) is 0 Å². The van der Waals surface area contributed by atoms with Crippen molar-refractivity contribution in [2.24, 2.45) is 5.10 Å². The van der Waals surface area contributed by atoms with Crippen molar-refractivity contribution in [2.75, 3.05) is 5.43 Å². The number of aromatic nitrogens is 1. The lowest BCUT2D eigenvalue weighted by Gasteiger charge is -1.99. The van der Waals surface area contributed by atoms with Crippen LogP contribution in [0.4, 0.5) is 5.13 Å². The van der Waals surface area contributed by atoms with E-state index in [4.69, 9.17) is 0 Å². The number of hydrogen-bond acceptors (Lipinski definition) is 4. The number of hydrazone groups is 1. The fourth-order valence-electron chi connectivity index (χ4n) is 1.65. The molecule has 1 heterocycles. The van der Waals surface area contributed by atoms with Crippen LogP contribution in [0, 0.1) is 20.8 Å². The molecular formula is C13H15N3S. The summed E-state index contributed by atoms with van der Waals surface area (Å²) >= 11 is 1.56. The van der Waals surface area contributed by atoms with Gasteiger partial charge in [-0.05, 0) is 26.3 Å². The Kier molecular flexibility index (Phi) is 3.54. The van der Waals surface area contributed by atoms with Crippen LogP contribution in [0.2, 0.25) is 0 Å². The molecule has 1 aromatic heterocycles. The third-order valence-corrected chi connectivity index (χ3v) is 3.10. The maximum atomic E-state index is 4.27. The largest absolute Gasteiger partial charge is 0.253 e. The first-order chi connectivity index (χ1) is 8.13. The molecule has 0 bridgehead atoms. The highest BCUT2D eigenvalue weighted by Gasteiger charge is 1.95. The molecule has 2 aromatic rings. The number of thiazole rings is 1. The zero-order valence-corrected chi connectivity index (χ0v) is 11.0. The van der Waals surface area contributed by atoms with Gasteiger partial charge in [-0.3, -0.25) is 5.43 Å². The topological polar surface area (TPSA) is 37.3 Å². The Morgan fingerprint density at radius 1 is 1.18 bits per heavy atom. The Labute approximate surface area is 105 Å². The molecule has 0 radical (unpaired) electrons. The molecule has 0 aliphatic heterocycles. The van der Waals surface area contributed by atoms with Crippen LogP contribution in [0.5, 0.6) is 0 Å². The summed E-state index contributed by atoms with van der Waals surface area (Å²) in [5, 5.41) is 7.00. The minimum absolute atomic E-state index is 0.822. The van der Waals surface area contributed by atoms with E-state index < -0.39 is 0 Å². The molecule has 2 rings (SSSR count).